The summed E-state index contributed by atoms with van der Waals surface area (Å²) in [5.41, 5.74) is 0.198. The molecule has 0 bridgehead atoms. The number of nitrogens with zero attached hydrogens (tertiary/aromatic N) is 5. The number of carbonyl (C=O) groups is 3. The average Bonchev–Trinajstić information content (AvgIpc) is 3.49. The Morgan fingerprint density at radius 2 is 1.71 bits per heavy atom. The molecule has 3 heterocycles. The molecular weight excluding hydrogens is 620 g/mol. The third-order valence-corrected chi connectivity index (χ3v) is 8.86. The van der Waals surface area contributed by atoms with Crippen LogP contribution in [0.15, 0.2) is 101 Å². The molecule has 1 saturated heterocycles. The number of ether oxygens (including phenoxy) is 3. The molecule has 2 atom stereocenters. The van der Waals surface area contributed by atoms with E-state index in [-0.39, 0.29) is 28.6 Å². The largest absolute Gasteiger partial charge is 0.448 e. The van der Waals surface area contributed by atoms with Crippen molar-refractivity contribution in [1.82, 2.24) is 30.4 Å². The second-order valence-corrected chi connectivity index (χ2v) is 11.5. The van der Waals surface area contributed by atoms with Crippen LogP contribution in [0.2, 0.25) is 5.02 Å². The summed E-state index contributed by atoms with van der Waals surface area (Å²) in [6.45, 7) is -0.0639. The molecule has 0 spiro atoms. The van der Waals surface area contributed by atoms with Gasteiger partial charge in [-0.05, 0) is 39.3 Å². The van der Waals surface area contributed by atoms with Crippen LogP contribution in [0.5, 0.6) is 0 Å². The van der Waals surface area contributed by atoms with Crippen molar-refractivity contribution in [1.29, 1.82) is 0 Å². The summed E-state index contributed by atoms with van der Waals surface area (Å²) in [7, 11) is 2.97. The Balaban J connectivity index is 1.34. The number of rotatable bonds is 10. The fraction of sp³-hybridized carbons (Fsp3) is 0.226. The minimum atomic E-state index is -1.91. The first-order valence-corrected chi connectivity index (χ1v) is 15.2. The predicted molar refractivity (Wildman–Crippen MR) is 163 cm³/mol. The van der Waals surface area contributed by atoms with Crippen LogP contribution in [0.4, 0.5) is 0 Å². The van der Waals surface area contributed by atoms with Crippen LogP contribution in [-0.4, -0.2) is 74.3 Å². The quantitative estimate of drug-likeness (QED) is 0.118. The van der Waals surface area contributed by atoms with Gasteiger partial charge in [0.15, 0.2) is 12.3 Å². The van der Waals surface area contributed by atoms with E-state index in [2.05, 4.69) is 20.8 Å². The maximum absolute atomic E-state index is 14.2. The number of amides is 2. The van der Waals surface area contributed by atoms with E-state index >= 15 is 0 Å². The van der Waals surface area contributed by atoms with Gasteiger partial charge in [0.25, 0.3) is 17.5 Å². The van der Waals surface area contributed by atoms with Gasteiger partial charge in [0, 0.05) is 19.9 Å². The number of fused-ring (bicyclic) bond motifs is 1. The Bertz CT molecular complexity index is 1730. The van der Waals surface area contributed by atoms with Gasteiger partial charge in [-0.25, -0.2) is 9.48 Å². The molecule has 3 aromatic carbocycles. The highest BCUT2D eigenvalue weighted by Crippen LogP contribution is 2.42. The Morgan fingerprint density at radius 3 is 2.31 bits per heavy atom. The minimum Gasteiger partial charge on any atom is -0.448 e. The summed E-state index contributed by atoms with van der Waals surface area (Å²) in [4.78, 5) is 42.5. The molecule has 14 heteroatoms. The lowest BCUT2D eigenvalue weighted by Gasteiger charge is -2.55. The topological polar surface area (TPSA) is 138 Å². The standard InChI is InChI=1S/C31H27ClN6O6S/c1-37-30(34-35-36-37)45-18-21-17-43-29-31(42-2,33-26(39)22-15-9-10-16-23(22)32)28(41)38(29)24(21)27(40)44-25(19-11-5-3-6-12-19)20-13-7-4-8-14-20/h3-16,25,29H,17-18H2,1-2H3,(H,33,39)/t29-,31+/m1/s1. The molecule has 6 rings (SSSR count). The zero-order chi connectivity index (χ0) is 31.6. The van der Waals surface area contributed by atoms with E-state index in [0.29, 0.717) is 10.7 Å². The first kappa shape index (κ1) is 30.5. The van der Waals surface area contributed by atoms with Crippen LogP contribution in [0.3, 0.4) is 0 Å². The number of esters is 1. The van der Waals surface area contributed by atoms with Crippen molar-refractivity contribution in [3.8, 4) is 0 Å². The molecule has 0 radical (unpaired) electrons. The number of benzene rings is 3. The van der Waals surface area contributed by atoms with Crippen molar-refractivity contribution < 1.29 is 28.6 Å². The summed E-state index contributed by atoms with van der Waals surface area (Å²) >= 11 is 7.50. The molecule has 1 aromatic heterocycles. The van der Waals surface area contributed by atoms with Crippen molar-refractivity contribution in [2.45, 2.75) is 23.2 Å². The third-order valence-electron chi connectivity index (χ3n) is 7.43. The van der Waals surface area contributed by atoms with Crippen molar-refractivity contribution >= 4 is 41.1 Å². The molecule has 0 aliphatic carbocycles. The minimum absolute atomic E-state index is 0.00425. The van der Waals surface area contributed by atoms with Crippen LogP contribution in [-0.2, 0) is 30.8 Å². The fourth-order valence-electron chi connectivity index (χ4n) is 5.17. The molecule has 2 aliphatic heterocycles. The monoisotopic (exact) mass is 646 g/mol. The van der Waals surface area contributed by atoms with E-state index in [1.165, 1.54) is 34.5 Å². The highest BCUT2D eigenvalue weighted by molar-refractivity contribution is 7.99. The fourth-order valence-corrected chi connectivity index (χ4v) is 6.23. The van der Waals surface area contributed by atoms with Crippen LogP contribution >= 0.6 is 23.4 Å². The number of halogens is 1. The lowest BCUT2D eigenvalue weighted by molar-refractivity contribution is -0.256. The summed E-state index contributed by atoms with van der Waals surface area (Å²) in [5, 5.41) is 14.8. The van der Waals surface area contributed by atoms with Crippen LogP contribution < -0.4 is 5.32 Å². The molecule has 4 aromatic rings. The lowest BCUT2D eigenvalue weighted by atomic mass is 9.94. The first-order valence-electron chi connectivity index (χ1n) is 13.8. The highest BCUT2D eigenvalue weighted by Gasteiger charge is 2.67. The molecule has 0 saturated carbocycles. The van der Waals surface area contributed by atoms with Gasteiger partial charge in [0.05, 0.1) is 17.2 Å². The molecule has 0 unspecified atom stereocenters. The second kappa shape index (κ2) is 12.8. The van der Waals surface area contributed by atoms with Gasteiger partial charge in [-0.2, -0.15) is 0 Å². The normalized spacial score (nSPS) is 19.2. The molecule has 2 amide bonds. The van der Waals surface area contributed by atoms with Gasteiger partial charge in [-0.1, -0.05) is 96.2 Å². The number of thioether (sulfide) groups is 1. The SMILES string of the molecule is CO[C@@]1(NC(=O)c2ccccc2Cl)C(=O)N2C(C(=O)OC(c3ccccc3)c3ccccc3)=C(CSc3nnnn3C)CO[C@@H]21. The predicted octanol–water partition coefficient (Wildman–Crippen LogP) is 3.51. The van der Waals surface area contributed by atoms with Crippen LogP contribution in [0, 0.1) is 0 Å². The number of aromatic nitrogens is 4. The van der Waals surface area contributed by atoms with Crippen molar-refractivity contribution in [2.24, 2.45) is 7.05 Å². The number of nitrogens with one attached hydrogen (secondary N) is 1. The molecular formula is C31H27ClN6O6S. The number of aryl methyl sites for hydroxylation is 1. The van der Waals surface area contributed by atoms with E-state index in [1.54, 1.807) is 25.2 Å². The summed E-state index contributed by atoms with van der Waals surface area (Å²) < 4.78 is 19.4. The van der Waals surface area contributed by atoms with E-state index in [4.69, 9.17) is 25.8 Å². The van der Waals surface area contributed by atoms with Crippen molar-refractivity contribution in [3.63, 3.8) is 0 Å². The van der Waals surface area contributed by atoms with Gasteiger partial charge < -0.3 is 19.5 Å². The molecule has 12 nitrogen and oxygen atoms in total. The van der Waals surface area contributed by atoms with Crippen LogP contribution in [0.25, 0.3) is 0 Å². The van der Waals surface area contributed by atoms with E-state index < -0.39 is 35.8 Å². The summed E-state index contributed by atoms with van der Waals surface area (Å²) in [6.07, 6.45) is -1.94. The maximum atomic E-state index is 14.2. The number of tetrazole rings is 1. The number of methoxy groups -OCH3 is 1. The Hall–Kier alpha value is -4.56. The number of hydrogen-bond donors (Lipinski definition) is 1. The molecule has 1 fully saturated rings. The van der Waals surface area contributed by atoms with Gasteiger partial charge in [0.1, 0.15) is 5.70 Å². The molecule has 230 valence electrons. The van der Waals surface area contributed by atoms with Crippen molar-refractivity contribution in [3.05, 3.63) is 118 Å². The van der Waals surface area contributed by atoms with E-state index in [1.807, 2.05) is 60.7 Å². The summed E-state index contributed by atoms with van der Waals surface area (Å²) in [6, 6.07) is 25.0. The number of hydrogen-bond acceptors (Lipinski definition) is 10. The molecule has 1 N–H and O–H groups in total. The third kappa shape index (κ3) is 5.71. The van der Waals surface area contributed by atoms with Gasteiger partial charge in [-0.3, -0.25) is 14.5 Å². The first-order chi connectivity index (χ1) is 21.8. The Labute approximate surface area is 267 Å². The highest BCUT2D eigenvalue weighted by atomic mass is 35.5. The van der Waals surface area contributed by atoms with Gasteiger partial charge in [0.2, 0.25) is 5.16 Å². The van der Waals surface area contributed by atoms with Crippen molar-refractivity contribution in [2.75, 3.05) is 19.5 Å². The van der Waals surface area contributed by atoms with Crippen LogP contribution in [0.1, 0.15) is 27.6 Å². The second-order valence-electron chi connectivity index (χ2n) is 10.1. The zero-order valence-corrected chi connectivity index (χ0v) is 25.7. The molecule has 2 aliphatic rings. The Morgan fingerprint density at radius 1 is 1.07 bits per heavy atom. The summed E-state index contributed by atoms with van der Waals surface area (Å²) in [5.74, 6) is -1.89. The number of β-lactam (4-membered cyclic amide) rings is 1. The lowest BCUT2D eigenvalue weighted by Crippen LogP contribution is -2.82. The van der Waals surface area contributed by atoms with E-state index in [9.17, 15) is 14.4 Å². The smallest absolute Gasteiger partial charge is 0.356 e. The Kier molecular flexibility index (Phi) is 8.67. The van der Waals surface area contributed by atoms with E-state index in [0.717, 1.165) is 11.1 Å². The van der Waals surface area contributed by atoms with Gasteiger partial charge >= 0.3 is 5.97 Å². The number of carbonyl (C=O) groups excluding carboxylic acids is 3. The zero-order valence-electron chi connectivity index (χ0n) is 24.1. The maximum Gasteiger partial charge on any atom is 0.356 e. The molecule has 45 heavy (non-hydrogen) atoms. The van der Waals surface area contributed by atoms with Gasteiger partial charge in [-0.15, -0.1) is 5.10 Å². The average molecular weight is 647 g/mol.